The molecule has 0 aliphatic rings. The van der Waals surface area contributed by atoms with Crippen molar-refractivity contribution >= 4 is 38.8 Å². The molecule has 0 saturated carbocycles. The number of benzene rings is 1. The molecule has 7 nitrogen and oxygen atoms in total. The number of aryl methyl sites for hydroxylation is 1. The van der Waals surface area contributed by atoms with Crippen LogP contribution < -0.4 is 10.5 Å². The van der Waals surface area contributed by atoms with E-state index in [-0.39, 0.29) is 33.5 Å². The summed E-state index contributed by atoms with van der Waals surface area (Å²) in [7, 11) is -4.46. The lowest BCUT2D eigenvalue weighted by molar-refractivity contribution is -0.138. The van der Waals surface area contributed by atoms with Crippen molar-refractivity contribution < 1.29 is 21.6 Å². The summed E-state index contributed by atoms with van der Waals surface area (Å²) in [5.41, 5.74) is 4.27. The van der Waals surface area contributed by atoms with E-state index in [2.05, 4.69) is 14.7 Å². The minimum Gasteiger partial charge on any atom is -0.384 e. The molecule has 0 fully saturated rings. The molecule has 162 valence electrons. The fourth-order valence-electron chi connectivity index (χ4n) is 2.73. The molecule has 2 heterocycles. The molecular weight excluding hydrogens is 455 g/mol. The first-order valence-electron chi connectivity index (χ1n) is 8.55. The molecule has 12 heteroatoms. The van der Waals surface area contributed by atoms with Gasteiger partial charge in [0.2, 0.25) is 0 Å². The Morgan fingerprint density at radius 1 is 1.16 bits per heavy atom. The fraction of sp³-hybridized carbons (Fsp3) is 0.105. The van der Waals surface area contributed by atoms with E-state index in [4.69, 9.17) is 22.7 Å². The van der Waals surface area contributed by atoms with E-state index in [1.807, 2.05) is 0 Å². The van der Waals surface area contributed by atoms with Crippen LogP contribution in [-0.4, -0.2) is 24.1 Å². The van der Waals surface area contributed by atoms with Gasteiger partial charge in [0.1, 0.15) is 11.5 Å². The van der Waals surface area contributed by atoms with Gasteiger partial charge < -0.3 is 5.73 Å². The average molecular weight is 470 g/mol. The van der Waals surface area contributed by atoms with E-state index >= 15 is 0 Å². The Labute approximate surface area is 180 Å². The summed E-state index contributed by atoms with van der Waals surface area (Å²) in [4.78, 5) is 7.23. The smallest absolute Gasteiger partial charge is 0.384 e. The summed E-state index contributed by atoms with van der Waals surface area (Å²) in [6.45, 7) is 1.23. The van der Waals surface area contributed by atoms with Gasteiger partial charge in [-0.1, -0.05) is 17.7 Å². The Balaban J connectivity index is 2.05. The summed E-state index contributed by atoms with van der Waals surface area (Å²) < 4.78 is 67.4. The van der Waals surface area contributed by atoms with Crippen LogP contribution in [0.2, 0.25) is 5.02 Å². The van der Waals surface area contributed by atoms with Crippen molar-refractivity contribution in [3.63, 3.8) is 0 Å². The minimum atomic E-state index is -4.72. The molecule has 0 amide bonds. The number of halogens is 4. The lowest BCUT2D eigenvalue weighted by Gasteiger charge is -2.15. The largest absolute Gasteiger partial charge is 0.416 e. The number of aromatic nitrogens is 2. The van der Waals surface area contributed by atoms with Gasteiger partial charge in [-0.15, -0.1) is 0 Å². The van der Waals surface area contributed by atoms with Gasteiger partial charge in [-0.3, -0.25) is 15.1 Å². The lowest BCUT2D eigenvalue weighted by atomic mass is 10.1. The van der Waals surface area contributed by atoms with Crippen molar-refractivity contribution in [3.05, 3.63) is 76.2 Å². The number of rotatable bonds is 5. The van der Waals surface area contributed by atoms with E-state index in [0.29, 0.717) is 11.6 Å². The quantitative estimate of drug-likeness (QED) is 0.482. The monoisotopic (exact) mass is 469 g/mol. The van der Waals surface area contributed by atoms with Gasteiger partial charge in [0, 0.05) is 18.0 Å². The zero-order valence-electron chi connectivity index (χ0n) is 15.8. The maximum Gasteiger partial charge on any atom is 0.416 e. The number of pyridine rings is 2. The molecule has 3 rings (SSSR count). The Hall–Kier alpha value is -3.18. The Kier molecular flexibility index (Phi) is 5.92. The standard InChI is InChI=1S/C19H15ClF3N5O2S/c1-10-2-3-13(8-14(10)19(21,22)23)31(29,30)28-15-7-12(20)9-27-18(15)17(25)11-4-5-26-16(24)6-11/h2-9,25,28H,1H3,(H2,24,26). The second-order valence-corrected chi connectivity index (χ2v) is 8.59. The zero-order chi connectivity index (χ0) is 23.0. The van der Waals surface area contributed by atoms with Crippen LogP contribution in [0.3, 0.4) is 0 Å². The first-order valence-corrected chi connectivity index (χ1v) is 10.4. The molecule has 1 aromatic carbocycles. The van der Waals surface area contributed by atoms with Gasteiger partial charge in [-0.05, 0) is 42.8 Å². The number of nitrogens with one attached hydrogen (secondary N) is 2. The van der Waals surface area contributed by atoms with E-state index in [1.165, 1.54) is 37.5 Å². The number of alkyl halides is 3. The number of hydrogen-bond donors (Lipinski definition) is 3. The number of nitrogen functional groups attached to an aromatic ring is 1. The molecular formula is C19H15ClF3N5O2S. The van der Waals surface area contributed by atoms with E-state index < -0.39 is 26.7 Å². The van der Waals surface area contributed by atoms with Crippen LogP contribution in [0.15, 0.2) is 53.7 Å². The maximum atomic E-state index is 13.2. The van der Waals surface area contributed by atoms with Crippen LogP contribution in [0, 0.1) is 12.3 Å². The van der Waals surface area contributed by atoms with Gasteiger partial charge in [0.05, 0.1) is 26.9 Å². The highest BCUT2D eigenvalue weighted by atomic mass is 35.5. The third-order valence-corrected chi connectivity index (χ3v) is 5.80. The number of nitrogens with two attached hydrogens (primary N) is 1. The van der Waals surface area contributed by atoms with Crippen molar-refractivity contribution in [1.82, 2.24) is 9.97 Å². The zero-order valence-corrected chi connectivity index (χ0v) is 17.4. The van der Waals surface area contributed by atoms with Crippen molar-refractivity contribution in [1.29, 1.82) is 5.41 Å². The molecule has 0 unspecified atom stereocenters. The predicted molar refractivity (Wildman–Crippen MR) is 111 cm³/mol. The van der Waals surface area contributed by atoms with Gasteiger partial charge in [-0.25, -0.2) is 13.4 Å². The summed E-state index contributed by atoms with van der Waals surface area (Å²) in [5, 5.41) is 8.42. The van der Waals surface area contributed by atoms with Crippen LogP contribution in [0.5, 0.6) is 0 Å². The molecule has 0 bridgehead atoms. The highest BCUT2D eigenvalue weighted by Gasteiger charge is 2.34. The number of anilines is 2. The first kappa shape index (κ1) is 22.5. The molecule has 0 saturated heterocycles. The van der Waals surface area contributed by atoms with Crippen molar-refractivity contribution in [3.8, 4) is 0 Å². The molecule has 2 aromatic heterocycles. The van der Waals surface area contributed by atoms with Crippen LogP contribution in [-0.2, 0) is 16.2 Å². The van der Waals surface area contributed by atoms with Gasteiger partial charge in [-0.2, -0.15) is 13.2 Å². The maximum absolute atomic E-state index is 13.2. The molecule has 0 aliphatic heterocycles. The van der Waals surface area contributed by atoms with Crippen molar-refractivity contribution in [2.45, 2.75) is 18.0 Å². The Bertz CT molecular complexity index is 1280. The Morgan fingerprint density at radius 2 is 1.87 bits per heavy atom. The van der Waals surface area contributed by atoms with Crippen molar-refractivity contribution in [2.75, 3.05) is 10.5 Å². The summed E-state index contributed by atoms with van der Waals surface area (Å²) >= 11 is 5.93. The average Bonchev–Trinajstić information content (AvgIpc) is 2.66. The van der Waals surface area contributed by atoms with E-state index in [1.54, 1.807) is 0 Å². The third-order valence-electron chi connectivity index (χ3n) is 4.23. The molecule has 4 N–H and O–H groups in total. The number of sulfonamides is 1. The number of nitrogens with zero attached hydrogens (tertiary/aromatic N) is 2. The van der Waals surface area contributed by atoms with Crippen LogP contribution in [0.4, 0.5) is 24.7 Å². The Morgan fingerprint density at radius 3 is 2.52 bits per heavy atom. The number of hydrogen-bond acceptors (Lipinski definition) is 6. The van der Waals surface area contributed by atoms with E-state index in [9.17, 15) is 21.6 Å². The molecule has 3 aromatic rings. The van der Waals surface area contributed by atoms with Crippen LogP contribution in [0.25, 0.3) is 0 Å². The van der Waals surface area contributed by atoms with E-state index in [0.717, 1.165) is 12.1 Å². The van der Waals surface area contributed by atoms with Crippen molar-refractivity contribution in [2.24, 2.45) is 0 Å². The molecule has 0 atom stereocenters. The SMILES string of the molecule is Cc1ccc(S(=O)(=O)Nc2cc(Cl)cnc2C(=N)c2ccnc(N)c2)cc1C(F)(F)F. The summed E-state index contributed by atoms with van der Waals surface area (Å²) in [5.74, 6) is 0.137. The molecule has 0 aliphatic carbocycles. The topological polar surface area (TPSA) is 122 Å². The lowest BCUT2D eigenvalue weighted by Crippen LogP contribution is -2.18. The predicted octanol–water partition coefficient (Wildman–Crippen LogP) is 4.26. The molecule has 0 spiro atoms. The summed E-state index contributed by atoms with van der Waals surface area (Å²) in [6, 6.07) is 6.74. The highest BCUT2D eigenvalue weighted by molar-refractivity contribution is 7.92. The summed E-state index contributed by atoms with van der Waals surface area (Å²) in [6.07, 6.45) is -2.15. The fourth-order valence-corrected chi connectivity index (χ4v) is 3.98. The third kappa shape index (κ3) is 4.94. The van der Waals surface area contributed by atoms with Gasteiger partial charge >= 0.3 is 6.18 Å². The second kappa shape index (κ2) is 8.16. The first-order chi connectivity index (χ1) is 14.4. The molecule has 0 radical (unpaired) electrons. The highest BCUT2D eigenvalue weighted by Crippen LogP contribution is 2.34. The van der Waals surface area contributed by atoms with Gasteiger partial charge in [0.15, 0.2) is 0 Å². The molecule has 31 heavy (non-hydrogen) atoms. The normalized spacial score (nSPS) is 11.9. The van der Waals surface area contributed by atoms with Gasteiger partial charge in [0.25, 0.3) is 10.0 Å². The van der Waals surface area contributed by atoms with Crippen LogP contribution in [0.1, 0.15) is 22.4 Å². The van der Waals surface area contributed by atoms with Crippen LogP contribution >= 0.6 is 11.6 Å². The second-order valence-electron chi connectivity index (χ2n) is 6.47. The minimum absolute atomic E-state index is 0.0587.